The third-order valence-corrected chi connectivity index (χ3v) is 4.28. The normalized spacial score (nSPS) is 10.1. The molecule has 0 atom stereocenters. The molecule has 0 bridgehead atoms. The van der Waals surface area contributed by atoms with Crippen LogP contribution < -0.4 is 5.63 Å². The second kappa shape index (κ2) is 6.39. The Hall–Kier alpha value is -1.08. The third-order valence-electron chi connectivity index (χ3n) is 2.71. The van der Waals surface area contributed by atoms with Gasteiger partial charge in [0.15, 0.2) is 0 Å². The summed E-state index contributed by atoms with van der Waals surface area (Å²) in [6.45, 7) is 8.32. The molecule has 0 heterocycles. The third kappa shape index (κ3) is 4.51. The van der Waals surface area contributed by atoms with Crippen molar-refractivity contribution in [3.8, 4) is 11.5 Å². The van der Waals surface area contributed by atoms with Gasteiger partial charge in [0.1, 0.15) is 0 Å². The zero-order chi connectivity index (χ0) is 13.8. The number of hydrogen-bond donors (Lipinski definition) is 0. The second-order valence-corrected chi connectivity index (χ2v) is 6.35. The molecule has 0 aliphatic carbocycles. The first-order valence-corrected chi connectivity index (χ1v) is 8.29. The fourth-order valence-electron chi connectivity index (χ4n) is 2.10. The van der Waals surface area contributed by atoms with Gasteiger partial charge in [-0.25, -0.2) is 0 Å². The second-order valence-electron chi connectivity index (χ2n) is 4.93. The first-order chi connectivity index (χ1) is 9.02. The summed E-state index contributed by atoms with van der Waals surface area (Å²) < 4.78 is 11.6. The molecule has 2 nitrogen and oxygen atoms in total. The van der Waals surface area contributed by atoms with Crippen LogP contribution in [0.5, 0.6) is 11.5 Å². The van der Waals surface area contributed by atoms with Gasteiger partial charge < -0.3 is 0 Å². The Balaban J connectivity index is 1.96. The van der Waals surface area contributed by atoms with E-state index in [-0.39, 0.29) is 0 Å². The SMILES string of the molecule is Cc1cc(C)cc([O][Zr][O]c2cc(C)cc(C)c2)c1. The van der Waals surface area contributed by atoms with Gasteiger partial charge in [-0.05, 0) is 0 Å². The molecule has 2 rings (SSSR count). The van der Waals surface area contributed by atoms with E-state index in [0.29, 0.717) is 0 Å². The summed E-state index contributed by atoms with van der Waals surface area (Å²) >= 11 is -1.34. The molecule has 0 unspecified atom stereocenters. The first kappa shape index (κ1) is 14.3. The molecule has 2 aromatic rings. The molecule has 0 fully saturated rings. The van der Waals surface area contributed by atoms with Crippen LogP contribution in [0.15, 0.2) is 36.4 Å². The van der Waals surface area contributed by atoms with Gasteiger partial charge in [0, 0.05) is 0 Å². The van der Waals surface area contributed by atoms with Gasteiger partial charge >= 0.3 is 128 Å². The average molecular weight is 334 g/mol. The molecular formula is C16H18O2Zr. The Labute approximate surface area is 127 Å². The van der Waals surface area contributed by atoms with Gasteiger partial charge in [0.05, 0.1) is 0 Å². The van der Waals surface area contributed by atoms with E-state index in [1.54, 1.807) is 0 Å². The van der Waals surface area contributed by atoms with Gasteiger partial charge in [0.2, 0.25) is 0 Å². The summed E-state index contributed by atoms with van der Waals surface area (Å²) in [6, 6.07) is 12.5. The summed E-state index contributed by atoms with van der Waals surface area (Å²) in [5.41, 5.74) is 4.89. The van der Waals surface area contributed by atoms with Gasteiger partial charge in [-0.15, -0.1) is 0 Å². The Kier molecular flexibility index (Phi) is 4.82. The average Bonchev–Trinajstić information content (AvgIpc) is 2.26. The van der Waals surface area contributed by atoms with Crippen molar-refractivity contribution in [3.05, 3.63) is 58.7 Å². The number of benzene rings is 2. The van der Waals surface area contributed by atoms with Crippen LogP contribution in [0.25, 0.3) is 0 Å². The van der Waals surface area contributed by atoms with Crippen LogP contribution in [0, 0.1) is 27.7 Å². The topological polar surface area (TPSA) is 18.5 Å². The molecular weight excluding hydrogens is 315 g/mol. The molecule has 19 heavy (non-hydrogen) atoms. The summed E-state index contributed by atoms with van der Waals surface area (Å²) in [6.07, 6.45) is 0. The van der Waals surface area contributed by atoms with Crippen molar-refractivity contribution in [1.29, 1.82) is 0 Å². The van der Waals surface area contributed by atoms with Crippen LogP contribution in [0.2, 0.25) is 0 Å². The summed E-state index contributed by atoms with van der Waals surface area (Å²) in [5, 5.41) is 0. The van der Waals surface area contributed by atoms with Crippen molar-refractivity contribution >= 4 is 0 Å². The molecule has 0 N–H and O–H groups in total. The van der Waals surface area contributed by atoms with Gasteiger partial charge in [0.25, 0.3) is 0 Å². The fourth-order valence-corrected chi connectivity index (χ4v) is 3.26. The van der Waals surface area contributed by atoms with Gasteiger partial charge in [-0.3, -0.25) is 0 Å². The monoisotopic (exact) mass is 332 g/mol. The maximum absolute atomic E-state index is 5.80. The van der Waals surface area contributed by atoms with Crippen molar-refractivity contribution in [2.45, 2.75) is 27.7 Å². The molecule has 98 valence electrons. The van der Waals surface area contributed by atoms with Crippen LogP contribution >= 0.6 is 0 Å². The quantitative estimate of drug-likeness (QED) is 0.831. The van der Waals surface area contributed by atoms with Crippen molar-refractivity contribution < 1.29 is 29.7 Å². The van der Waals surface area contributed by atoms with E-state index in [0.717, 1.165) is 11.5 Å². The van der Waals surface area contributed by atoms with Crippen LogP contribution in [0.1, 0.15) is 22.3 Å². The zero-order valence-corrected chi connectivity index (χ0v) is 14.2. The minimum absolute atomic E-state index is 0.925. The van der Waals surface area contributed by atoms with E-state index < -0.39 is 24.1 Å². The van der Waals surface area contributed by atoms with E-state index in [1.165, 1.54) is 22.3 Å². The number of hydrogen-bond acceptors (Lipinski definition) is 2. The predicted molar refractivity (Wildman–Crippen MR) is 73.1 cm³/mol. The molecule has 0 radical (unpaired) electrons. The first-order valence-electron chi connectivity index (χ1n) is 6.28. The van der Waals surface area contributed by atoms with E-state index in [4.69, 9.17) is 5.63 Å². The molecule has 0 aliphatic heterocycles. The summed E-state index contributed by atoms with van der Waals surface area (Å²) in [4.78, 5) is 0. The van der Waals surface area contributed by atoms with E-state index >= 15 is 0 Å². The standard InChI is InChI=1S/2C8H10O.Zr/c2*1-6-3-7(2)5-8(9)4-6;/h2*3-5,9H,1-2H3;/q;;+2/p-2. The summed E-state index contributed by atoms with van der Waals surface area (Å²) in [5.74, 6) is 1.85. The Bertz CT molecular complexity index is 487. The molecule has 0 saturated heterocycles. The van der Waals surface area contributed by atoms with Crippen molar-refractivity contribution in [1.82, 2.24) is 0 Å². The number of aryl methyl sites for hydroxylation is 4. The van der Waals surface area contributed by atoms with Crippen molar-refractivity contribution in [3.63, 3.8) is 0 Å². The fraction of sp³-hybridized carbons (Fsp3) is 0.250. The Morgan fingerprint density at radius 1 is 0.579 bits per heavy atom. The Morgan fingerprint density at radius 2 is 0.895 bits per heavy atom. The molecule has 0 aromatic heterocycles. The molecule has 0 spiro atoms. The van der Waals surface area contributed by atoms with E-state index in [2.05, 4.69) is 64.1 Å². The zero-order valence-electron chi connectivity index (χ0n) is 11.8. The van der Waals surface area contributed by atoms with Gasteiger partial charge in [-0.1, -0.05) is 0 Å². The van der Waals surface area contributed by atoms with Crippen LogP contribution in [0.4, 0.5) is 0 Å². The molecule has 0 aliphatic rings. The molecule has 0 saturated carbocycles. The number of rotatable bonds is 4. The van der Waals surface area contributed by atoms with E-state index in [9.17, 15) is 0 Å². The Morgan fingerprint density at radius 3 is 1.21 bits per heavy atom. The minimum atomic E-state index is -1.34. The van der Waals surface area contributed by atoms with Crippen molar-refractivity contribution in [2.24, 2.45) is 0 Å². The molecule has 0 amide bonds. The molecule has 2 aromatic carbocycles. The van der Waals surface area contributed by atoms with Gasteiger partial charge in [-0.2, -0.15) is 0 Å². The summed E-state index contributed by atoms with van der Waals surface area (Å²) in [7, 11) is 0. The van der Waals surface area contributed by atoms with Crippen molar-refractivity contribution in [2.75, 3.05) is 0 Å². The maximum atomic E-state index is 5.80. The predicted octanol–water partition coefficient (Wildman–Crippen LogP) is 4.29. The molecule has 3 heteroatoms. The van der Waals surface area contributed by atoms with E-state index in [1.807, 2.05) is 0 Å². The van der Waals surface area contributed by atoms with Crippen LogP contribution in [-0.2, 0) is 24.1 Å². The van der Waals surface area contributed by atoms with Crippen LogP contribution in [0.3, 0.4) is 0 Å². The van der Waals surface area contributed by atoms with Crippen LogP contribution in [-0.4, -0.2) is 0 Å².